The molecule has 3 rings (SSSR count). The highest BCUT2D eigenvalue weighted by Gasteiger charge is 2.28. The van der Waals surface area contributed by atoms with Crippen LogP contribution in [0, 0.1) is 18.3 Å². The topological polar surface area (TPSA) is 97.7 Å². The van der Waals surface area contributed by atoms with Gasteiger partial charge >= 0.3 is 0 Å². The zero-order chi connectivity index (χ0) is 31.4. The minimum absolute atomic E-state index is 0.183. The van der Waals surface area contributed by atoms with Gasteiger partial charge in [0.05, 0.1) is 30.5 Å². The van der Waals surface area contributed by atoms with E-state index in [-0.39, 0.29) is 18.2 Å². The third-order valence-corrected chi connectivity index (χ3v) is 7.93. The van der Waals surface area contributed by atoms with E-state index in [1.165, 1.54) is 0 Å². The molecular formula is C34H44FN5O3. The molecule has 2 aromatic carbocycles. The number of dihydropyridines is 1. The third kappa shape index (κ3) is 8.99. The monoisotopic (exact) mass is 589 g/mol. The first-order valence-electron chi connectivity index (χ1n) is 14.8. The minimum atomic E-state index is -0.508. The van der Waals surface area contributed by atoms with Gasteiger partial charge in [0.2, 0.25) is 0 Å². The number of anilines is 1. The fraction of sp³-hybridized carbons (Fsp3) is 0.441. The summed E-state index contributed by atoms with van der Waals surface area (Å²) in [4.78, 5) is 30.8. The smallest absolute Gasteiger partial charge is 0.257 e. The molecule has 2 N–H and O–H groups in total. The van der Waals surface area contributed by atoms with E-state index in [1.807, 2.05) is 52.1 Å². The quantitative estimate of drug-likeness (QED) is 0.299. The van der Waals surface area contributed by atoms with Gasteiger partial charge < -0.3 is 20.3 Å². The van der Waals surface area contributed by atoms with Gasteiger partial charge in [0.15, 0.2) is 0 Å². The first-order valence-corrected chi connectivity index (χ1v) is 14.8. The number of nitriles is 1. The van der Waals surface area contributed by atoms with E-state index in [0.717, 1.165) is 29.7 Å². The SMILES string of the molecule is CCc1cc(C)c(C(=O)N(CCCF)CCCc2ccc(C#N)cc2)cc1NC(=O)C1=CNC(C)(N(C)CCOC)C=C1. The van der Waals surface area contributed by atoms with Crippen molar-refractivity contribution < 1.29 is 18.7 Å². The minimum Gasteiger partial charge on any atom is -0.383 e. The molecule has 0 bridgehead atoms. The summed E-state index contributed by atoms with van der Waals surface area (Å²) in [5.74, 6) is -0.462. The van der Waals surface area contributed by atoms with Crippen LogP contribution in [0.2, 0.25) is 0 Å². The van der Waals surface area contributed by atoms with Crippen LogP contribution >= 0.6 is 0 Å². The zero-order valence-corrected chi connectivity index (χ0v) is 26.0. The number of nitrogens with zero attached hydrogens (tertiary/aromatic N) is 3. The van der Waals surface area contributed by atoms with Crippen LogP contribution < -0.4 is 10.6 Å². The number of alkyl halides is 1. The Balaban J connectivity index is 1.74. The van der Waals surface area contributed by atoms with Crippen LogP contribution in [0.25, 0.3) is 0 Å². The predicted molar refractivity (Wildman–Crippen MR) is 168 cm³/mol. The van der Waals surface area contributed by atoms with Crippen LogP contribution in [0.4, 0.5) is 10.1 Å². The van der Waals surface area contributed by atoms with Gasteiger partial charge in [-0.1, -0.05) is 25.1 Å². The Morgan fingerprint density at radius 2 is 1.86 bits per heavy atom. The molecule has 0 saturated heterocycles. The van der Waals surface area contributed by atoms with E-state index in [4.69, 9.17) is 10.00 Å². The molecule has 43 heavy (non-hydrogen) atoms. The molecule has 0 saturated carbocycles. The summed E-state index contributed by atoms with van der Waals surface area (Å²) in [6, 6.07) is 13.2. The van der Waals surface area contributed by atoms with Crippen molar-refractivity contribution >= 4 is 17.5 Å². The fourth-order valence-electron chi connectivity index (χ4n) is 4.97. The highest BCUT2D eigenvalue weighted by molar-refractivity contribution is 6.07. The number of amides is 2. The summed E-state index contributed by atoms with van der Waals surface area (Å²) >= 11 is 0. The van der Waals surface area contributed by atoms with E-state index in [9.17, 15) is 14.0 Å². The molecule has 8 nitrogen and oxygen atoms in total. The van der Waals surface area contributed by atoms with Gasteiger partial charge in [-0.3, -0.25) is 18.9 Å². The summed E-state index contributed by atoms with van der Waals surface area (Å²) < 4.78 is 18.3. The van der Waals surface area contributed by atoms with Crippen LogP contribution in [-0.4, -0.2) is 74.4 Å². The summed E-state index contributed by atoms with van der Waals surface area (Å²) in [6.45, 7) is 7.50. The largest absolute Gasteiger partial charge is 0.383 e. The van der Waals surface area contributed by atoms with E-state index < -0.39 is 12.3 Å². The number of benzene rings is 2. The lowest BCUT2D eigenvalue weighted by Gasteiger charge is -2.38. The molecule has 2 aromatic rings. The molecular weight excluding hydrogens is 545 g/mol. The van der Waals surface area contributed by atoms with Gasteiger partial charge in [-0.2, -0.15) is 5.26 Å². The normalized spacial score (nSPS) is 15.9. The molecule has 0 spiro atoms. The number of rotatable bonds is 15. The Morgan fingerprint density at radius 3 is 2.47 bits per heavy atom. The molecule has 0 aromatic heterocycles. The maximum absolute atomic E-state index is 13.8. The molecule has 1 unspecified atom stereocenters. The number of hydrogen-bond acceptors (Lipinski definition) is 6. The van der Waals surface area contributed by atoms with Gasteiger partial charge in [0.1, 0.15) is 5.66 Å². The maximum Gasteiger partial charge on any atom is 0.257 e. The molecule has 0 aliphatic carbocycles. The van der Waals surface area contributed by atoms with Gasteiger partial charge in [0, 0.05) is 44.2 Å². The van der Waals surface area contributed by atoms with Crippen molar-refractivity contribution in [3.63, 3.8) is 0 Å². The van der Waals surface area contributed by atoms with Crippen molar-refractivity contribution in [3.8, 4) is 6.07 Å². The number of nitrogens with one attached hydrogen (secondary N) is 2. The number of carbonyl (C=O) groups is 2. The van der Waals surface area contributed by atoms with Crippen molar-refractivity contribution in [2.45, 2.75) is 52.1 Å². The van der Waals surface area contributed by atoms with Crippen LogP contribution in [0.3, 0.4) is 0 Å². The molecule has 1 atom stereocenters. The number of methoxy groups -OCH3 is 1. The number of ether oxygens (including phenoxy) is 1. The van der Waals surface area contributed by atoms with Crippen molar-refractivity contribution in [1.29, 1.82) is 5.26 Å². The number of aryl methyl sites for hydroxylation is 3. The van der Waals surface area contributed by atoms with Crippen LogP contribution in [0.1, 0.15) is 59.3 Å². The van der Waals surface area contributed by atoms with E-state index in [2.05, 4.69) is 21.6 Å². The van der Waals surface area contributed by atoms with Crippen molar-refractivity contribution in [2.24, 2.45) is 0 Å². The van der Waals surface area contributed by atoms with Gasteiger partial charge in [-0.15, -0.1) is 0 Å². The zero-order valence-electron chi connectivity index (χ0n) is 26.0. The Morgan fingerprint density at radius 1 is 1.14 bits per heavy atom. The van der Waals surface area contributed by atoms with Crippen LogP contribution in [-0.2, 0) is 22.4 Å². The summed E-state index contributed by atoms with van der Waals surface area (Å²) in [7, 11) is 3.65. The van der Waals surface area contributed by atoms with Crippen LogP contribution in [0.5, 0.6) is 0 Å². The number of hydrogen-bond donors (Lipinski definition) is 2. The lowest BCUT2D eigenvalue weighted by Crippen LogP contribution is -2.54. The van der Waals surface area contributed by atoms with Crippen molar-refractivity contribution in [3.05, 3.63) is 88.1 Å². The lowest BCUT2D eigenvalue weighted by molar-refractivity contribution is -0.112. The second-order valence-electron chi connectivity index (χ2n) is 11.0. The molecule has 230 valence electrons. The summed E-state index contributed by atoms with van der Waals surface area (Å²) in [5, 5.41) is 15.3. The number of carbonyl (C=O) groups excluding carboxylic acids is 2. The molecule has 1 heterocycles. The number of likely N-dealkylation sites (N-methyl/N-ethyl adjacent to an activating group) is 1. The second kappa shape index (κ2) is 16.0. The lowest BCUT2D eigenvalue weighted by atomic mass is 9.99. The molecule has 1 aliphatic heterocycles. The maximum atomic E-state index is 13.8. The first-order chi connectivity index (χ1) is 20.6. The first kappa shape index (κ1) is 33.5. The third-order valence-electron chi connectivity index (χ3n) is 7.93. The Hall–Kier alpha value is -4.00. The predicted octanol–water partition coefficient (Wildman–Crippen LogP) is 5.14. The highest BCUT2D eigenvalue weighted by atomic mass is 19.1. The highest BCUT2D eigenvalue weighted by Crippen LogP contribution is 2.25. The van der Waals surface area contributed by atoms with Crippen molar-refractivity contribution in [2.75, 3.05) is 52.4 Å². The Labute approximate surface area is 255 Å². The van der Waals surface area contributed by atoms with Crippen LogP contribution in [0.15, 0.2) is 60.3 Å². The van der Waals surface area contributed by atoms with Gasteiger partial charge in [-0.05, 0) is 93.6 Å². The summed E-state index contributed by atoms with van der Waals surface area (Å²) in [6.07, 6.45) is 7.82. The van der Waals surface area contributed by atoms with E-state index in [1.54, 1.807) is 42.5 Å². The van der Waals surface area contributed by atoms with Gasteiger partial charge in [0.25, 0.3) is 11.8 Å². The number of halogens is 1. The Kier molecular flexibility index (Phi) is 12.5. The summed E-state index contributed by atoms with van der Waals surface area (Å²) in [5.41, 5.74) is 4.51. The molecule has 1 aliphatic rings. The average Bonchev–Trinajstić information content (AvgIpc) is 3.02. The average molecular weight is 590 g/mol. The molecule has 0 radical (unpaired) electrons. The Bertz CT molecular complexity index is 1370. The molecule has 2 amide bonds. The fourth-order valence-corrected chi connectivity index (χ4v) is 4.97. The molecule has 0 fully saturated rings. The second-order valence-corrected chi connectivity index (χ2v) is 11.0. The van der Waals surface area contributed by atoms with Crippen molar-refractivity contribution in [1.82, 2.24) is 15.1 Å². The van der Waals surface area contributed by atoms with E-state index >= 15 is 0 Å². The van der Waals surface area contributed by atoms with E-state index in [0.29, 0.717) is 54.9 Å². The standard InChI is InChI=1S/C34H44FN5O3/c1-6-28-21-25(2)30(33(42)40(18-8-16-35)17-7-9-26-10-12-27(23-36)13-11-26)22-31(28)38-32(41)29-14-15-34(3,37-24-29)39(4)19-20-43-5/h10-15,21-22,24,37H,6-9,16-20H2,1-5H3,(H,38,41). The molecule has 9 heteroatoms. The van der Waals surface area contributed by atoms with Gasteiger partial charge in [-0.25, -0.2) is 0 Å².